The van der Waals surface area contributed by atoms with Crippen LogP contribution in [0.1, 0.15) is 18.1 Å². The Hall–Kier alpha value is -1.68. The first-order chi connectivity index (χ1) is 8.54. The van der Waals surface area contributed by atoms with Crippen molar-refractivity contribution in [3.05, 3.63) is 59.4 Å². The predicted octanol–water partition coefficient (Wildman–Crippen LogP) is 2.70. The van der Waals surface area contributed by atoms with Gasteiger partial charge in [0.2, 0.25) is 0 Å². The summed E-state index contributed by atoms with van der Waals surface area (Å²) in [6.45, 7) is 2.34. The first-order valence-corrected chi connectivity index (χ1v) is 5.89. The van der Waals surface area contributed by atoms with Crippen LogP contribution in [0.15, 0.2) is 36.7 Å². The molecule has 0 saturated carbocycles. The maximum Gasteiger partial charge on any atom is 0.131 e. The van der Waals surface area contributed by atoms with Crippen LogP contribution in [0.4, 0.5) is 8.78 Å². The second kappa shape index (κ2) is 5.31. The van der Waals surface area contributed by atoms with Gasteiger partial charge in [0, 0.05) is 36.6 Å². The Morgan fingerprint density at radius 3 is 2.72 bits per heavy atom. The van der Waals surface area contributed by atoms with Crippen LogP contribution in [0.3, 0.4) is 0 Å². The maximum atomic E-state index is 13.5. The van der Waals surface area contributed by atoms with Gasteiger partial charge in [0.05, 0.1) is 0 Å². The zero-order valence-electron chi connectivity index (χ0n) is 10.2. The van der Waals surface area contributed by atoms with E-state index in [1.54, 1.807) is 0 Å². The number of nitrogens with zero attached hydrogens (tertiary/aromatic N) is 1. The number of hydrogen-bond acceptors (Lipinski definition) is 1. The highest BCUT2D eigenvalue weighted by molar-refractivity contribution is 5.20. The molecule has 2 N–H and O–H groups in total. The fourth-order valence-corrected chi connectivity index (χ4v) is 1.93. The lowest BCUT2D eigenvalue weighted by Gasteiger charge is -2.05. The van der Waals surface area contributed by atoms with Crippen LogP contribution in [-0.4, -0.2) is 10.6 Å². The predicted molar refractivity (Wildman–Crippen MR) is 67.2 cm³/mol. The van der Waals surface area contributed by atoms with E-state index in [4.69, 9.17) is 5.73 Å². The third kappa shape index (κ3) is 3.17. The van der Waals surface area contributed by atoms with Gasteiger partial charge in [-0.15, -0.1) is 0 Å². The lowest BCUT2D eigenvalue weighted by Crippen LogP contribution is -2.17. The summed E-state index contributed by atoms with van der Waals surface area (Å²) in [6.07, 6.45) is 4.60. The molecule has 2 rings (SSSR count). The van der Waals surface area contributed by atoms with Gasteiger partial charge in [0.1, 0.15) is 11.6 Å². The van der Waals surface area contributed by atoms with Crippen molar-refractivity contribution in [1.82, 2.24) is 4.57 Å². The number of aromatic nitrogens is 1. The molecule has 0 fully saturated rings. The SMILES string of the molecule is CC(N)Cc1ccn(Cc2ccc(F)cc2F)c1. The number of halogens is 2. The molecule has 0 aliphatic rings. The lowest BCUT2D eigenvalue weighted by atomic mass is 10.1. The molecule has 4 heteroatoms. The molecule has 1 aromatic heterocycles. The van der Waals surface area contributed by atoms with Gasteiger partial charge in [0.25, 0.3) is 0 Å². The van der Waals surface area contributed by atoms with Gasteiger partial charge in [-0.2, -0.15) is 0 Å². The standard InChI is InChI=1S/C14H16F2N2/c1-10(17)6-11-4-5-18(8-11)9-12-2-3-13(15)7-14(12)16/h2-5,7-8,10H,6,9,17H2,1H3. The smallest absolute Gasteiger partial charge is 0.131 e. The molecule has 0 amide bonds. The molecule has 1 unspecified atom stereocenters. The molecule has 1 aromatic carbocycles. The molecule has 1 heterocycles. The summed E-state index contributed by atoms with van der Waals surface area (Å²) in [5.41, 5.74) is 7.31. The first-order valence-electron chi connectivity index (χ1n) is 5.89. The van der Waals surface area contributed by atoms with Crippen LogP contribution in [0, 0.1) is 11.6 Å². The fourth-order valence-electron chi connectivity index (χ4n) is 1.93. The molecule has 96 valence electrons. The van der Waals surface area contributed by atoms with E-state index in [2.05, 4.69) is 0 Å². The molecular formula is C14H16F2N2. The second-order valence-corrected chi connectivity index (χ2v) is 4.61. The molecule has 18 heavy (non-hydrogen) atoms. The van der Waals surface area contributed by atoms with Crippen molar-refractivity contribution >= 4 is 0 Å². The van der Waals surface area contributed by atoms with E-state index < -0.39 is 11.6 Å². The fraction of sp³-hybridized carbons (Fsp3) is 0.286. The molecule has 2 nitrogen and oxygen atoms in total. The molecule has 0 saturated heterocycles. The van der Waals surface area contributed by atoms with Crippen LogP contribution < -0.4 is 5.73 Å². The Balaban J connectivity index is 2.11. The average Bonchev–Trinajstić information content (AvgIpc) is 2.69. The zero-order chi connectivity index (χ0) is 13.1. The Labute approximate surface area is 105 Å². The quantitative estimate of drug-likeness (QED) is 0.888. The van der Waals surface area contributed by atoms with Crippen LogP contribution >= 0.6 is 0 Å². The van der Waals surface area contributed by atoms with Crippen LogP contribution in [0.2, 0.25) is 0 Å². The van der Waals surface area contributed by atoms with E-state index in [0.29, 0.717) is 12.1 Å². The molecule has 2 aromatic rings. The highest BCUT2D eigenvalue weighted by atomic mass is 19.1. The van der Waals surface area contributed by atoms with Gasteiger partial charge >= 0.3 is 0 Å². The Morgan fingerprint density at radius 2 is 2.06 bits per heavy atom. The van der Waals surface area contributed by atoms with Crippen molar-refractivity contribution in [2.24, 2.45) is 5.73 Å². The van der Waals surface area contributed by atoms with Crippen molar-refractivity contribution in [3.63, 3.8) is 0 Å². The van der Waals surface area contributed by atoms with E-state index in [1.807, 2.05) is 30.0 Å². The Morgan fingerprint density at radius 1 is 1.28 bits per heavy atom. The number of benzene rings is 1. The molecule has 0 aliphatic carbocycles. The van der Waals surface area contributed by atoms with Gasteiger partial charge in [-0.3, -0.25) is 0 Å². The largest absolute Gasteiger partial charge is 0.350 e. The average molecular weight is 250 g/mol. The van der Waals surface area contributed by atoms with E-state index in [0.717, 1.165) is 18.1 Å². The minimum absolute atomic E-state index is 0.100. The maximum absolute atomic E-state index is 13.5. The topological polar surface area (TPSA) is 30.9 Å². The third-order valence-corrected chi connectivity index (χ3v) is 2.74. The second-order valence-electron chi connectivity index (χ2n) is 4.61. The molecular weight excluding hydrogens is 234 g/mol. The third-order valence-electron chi connectivity index (χ3n) is 2.74. The van der Waals surface area contributed by atoms with Crippen LogP contribution in [0.5, 0.6) is 0 Å². The van der Waals surface area contributed by atoms with Crippen molar-refractivity contribution < 1.29 is 8.78 Å². The van der Waals surface area contributed by atoms with Crippen molar-refractivity contribution in [2.75, 3.05) is 0 Å². The summed E-state index contributed by atoms with van der Waals surface area (Å²) in [5, 5.41) is 0. The first kappa shape index (κ1) is 12.8. The number of hydrogen-bond donors (Lipinski definition) is 1. The summed E-state index contributed by atoms with van der Waals surface area (Å²) < 4.78 is 28.1. The van der Waals surface area contributed by atoms with Gasteiger partial charge in [-0.25, -0.2) is 8.78 Å². The van der Waals surface area contributed by atoms with Gasteiger partial charge in [-0.05, 0) is 31.0 Å². The molecule has 0 aliphatic heterocycles. The van der Waals surface area contributed by atoms with Gasteiger partial charge < -0.3 is 10.3 Å². The lowest BCUT2D eigenvalue weighted by molar-refractivity contribution is 0.566. The highest BCUT2D eigenvalue weighted by Gasteiger charge is 2.05. The van der Waals surface area contributed by atoms with Crippen LogP contribution in [0.25, 0.3) is 0 Å². The number of rotatable bonds is 4. The molecule has 0 spiro atoms. The minimum Gasteiger partial charge on any atom is -0.350 e. The highest BCUT2D eigenvalue weighted by Crippen LogP contribution is 2.12. The van der Waals surface area contributed by atoms with E-state index in [9.17, 15) is 8.78 Å². The Kier molecular flexibility index (Phi) is 3.77. The summed E-state index contributed by atoms with van der Waals surface area (Å²) >= 11 is 0. The zero-order valence-corrected chi connectivity index (χ0v) is 10.2. The normalized spacial score (nSPS) is 12.7. The number of nitrogens with two attached hydrogens (primary N) is 1. The molecule has 0 bridgehead atoms. The minimum atomic E-state index is -0.554. The summed E-state index contributed by atoms with van der Waals surface area (Å²) in [6, 6.07) is 5.70. The molecule has 1 atom stereocenters. The monoisotopic (exact) mass is 250 g/mol. The van der Waals surface area contributed by atoms with E-state index in [1.165, 1.54) is 12.1 Å². The van der Waals surface area contributed by atoms with E-state index >= 15 is 0 Å². The van der Waals surface area contributed by atoms with Crippen molar-refractivity contribution in [1.29, 1.82) is 0 Å². The Bertz CT molecular complexity index is 532. The summed E-state index contributed by atoms with van der Waals surface area (Å²) in [7, 11) is 0. The van der Waals surface area contributed by atoms with Crippen molar-refractivity contribution in [3.8, 4) is 0 Å². The summed E-state index contributed by atoms with van der Waals surface area (Å²) in [5.74, 6) is -1.07. The van der Waals surface area contributed by atoms with Gasteiger partial charge in [0.15, 0.2) is 0 Å². The van der Waals surface area contributed by atoms with E-state index in [-0.39, 0.29) is 6.04 Å². The van der Waals surface area contributed by atoms with Gasteiger partial charge in [-0.1, -0.05) is 6.07 Å². The van der Waals surface area contributed by atoms with Crippen LogP contribution in [-0.2, 0) is 13.0 Å². The molecule has 0 radical (unpaired) electrons. The van der Waals surface area contributed by atoms with Crippen molar-refractivity contribution in [2.45, 2.75) is 25.9 Å². The summed E-state index contributed by atoms with van der Waals surface area (Å²) in [4.78, 5) is 0.